The second-order valence-corrected chi connectivity index (χ2v) is 6.25. The van der Waals surface area contributed by atoms with E-state index in [1.165, 1.54) is 6.07 Å². The van der Waals surface area contributed by atoms with E-state index in [0.717, 1.165) is 24.1 Å². The lowest BCUT2D eigenvalue weighted by atomic mass is 9.97. The topological polar surface area (TPSA) is 46.3 Å². The first-order chi connectivity index (χ1) is 11.0. The maximum atomic E-state index is 13.9. The molecule has 1 heterocycles. The maximum absolute atomic E-state index is 13.9. The lowest BCUT2D eigenvalue weighted by Gasteiger charge is -2.26. The van der Waals surface area contributed by atoms with Crippen molar-refractivity contribution in [1.29, 1.82) is 0 Å². The van der Waals surface area contributed by atoms with Gasteiger partial charge in [0.05, 0.1) is 11.6 Å². The molecule has 4 nitrogen and oxygen atoms in total. The Morgan fingerprint density at radius 3 is 2.65 bits per heavy atom. The number of aromatic nitrogens is 1. The van der Waals surface area contributed by atoms with Crippen LogP contribution in [0.15, 0.2) is 28.8 Å². The first-order valence-electron chi connectivity index (χ1n) is 7.95. The van der Waals surface area contributed by atoms with Crippen LogP contribution in [0.4, 0.5) is 4.39 Å². The van der Waals surface area contributed by atoms with Gasteiger partial charge in [-0.15, -0.1) is 0 Å². The normalized spacial score (nSPS) is 15.5. The Labute approximate surface area is 135 Å². The van der Waals surface area contributed by atoms with Crippen LogP contribution in [0.2, 0.25) is 0 Å². The monoisotopic (exact) mass is 316 g/mol. The molecular weight excluding hydrogens is 295 g/mol. The summed E-state index contributed by atoms with van der Waals surface area (Å²) in [6.45, 7) is 5.83. The lowest BCUT2D eigenvalue weighted by molar-refractivity contribution is -0.133. The third-order valence-corrected chi connectivity index (χ3v) is 4.46. The number of hydrogen-bond donors (Lipinski definition) is 0. The molecule has 3 rings (SSSR count). The van der Waals surface area contributed by atoms with Crippen molar-refractivity contribution in [3.05, 3.63) is 52.7 Å². The number of hydrogen-bond acceptors (Lipinski definition) is 3. The fourth-order valence-corrected chi connectivity index (χ4v) is 3.06. The first kappa shape index (κ1) is 15.7. The maximum Gasteiger partial charge on any atom is 0.230 e. The molecule has 1 atom stereocenters. The van der Waals surface area contributed by atoms with Gasteiger partial charge >= 0.3 is 0 Å². The predicted octanol–water partition coefficient (Wildman–Crippen LogP) is 3.73. The highest BCUT2D eigenvalue weighted by molar-refractivity contribution is 5.84. The van der Waals surface area contributed by atoms with Gasteiger partial charge in [0.1, 0.15) is 11.6 Å². The Morgan fingerprint density at radius 1 is 1.39 bits per heavy atom. The predicted molar refractivity (Wildman–Crippen MR) is 84.4 cm³/mol. The van der Waals surface area contributed by atoms with Gasteiger partial charge in [-0.05, 0) is 39.7 Å². The summed E-state index contributed by atoms with van der Waals surface area (Å²) in [5, 5.41) is 3.93. The molecule has 23 heavy (non-hydrogen) atoms. The van der Waals surface area contributed by atoms with Gasteiger partial charge in [0, 0.05) is 23.7 Å². The summed E-state index contributed by atoms with van der Waals surface area (Å²) in [5.74, 6) is 0.0692. The highest BCUT2D eigenvalue weighted by Crippen LogP contribution is 2.33. The fourth-order valence-electron chi connectivity index (χ4n) is 3.06. The van der Waals surface area contributed by atoms with E-state index in [4.69, 9.17) is 4.52 Å². The van der Waals surface area contributed by atoms with Crippen LogP contribution >= 0.6 is 0 Å². The average molecular weight is 316 g/mol. The van der Waals surface area contributed by atoms with Crippen molar-refractivity contribution in [3.63, 3.8) is 0 Å². The van der Waals surface area contributed by atoms with Gasteiger partial charge in [0.15, 0.2) is 0 Å². The lowest BCUT2D eigenvalue weighted by Crippen LogP contribution is -2.36. The highest BCUT2D eigenvalue weighted by Gasteiger charge is 2.36. The molecule has 0 unspecified atom stereocenters. The molecule has 1 aliphatic rings. The summed E-state index contributed by atoms with van der Waals surface area (Å²) < 4.78 is 19.1. The number of benzene rings is 1. The Bertz CT molecular complexity index is 702. The molecule has 1 amide bonds. The number of rotatable bonds is 5. The molecule has 1 fully saturated rings. The number of amides is 1. The molecule has 122 valence electrons. The van der Waals surface area contributed by atoms with Crippen molar-refractivity contribution in [1.82, 2.24) is 10.1 Å². The van der Waals surface area contributed by atoms with E-state index in [9.17, 15) is 9.18 Å². The summed E-state index contributed by atoms with van der Waals surface area (Å²) in [4.78, 5) is 14.8. The van der Waals surface area contributed by atoms with E-state index >= 15 is 0 Å². The van der Waals surface area contributed by atoms with E-state index in [1.54, 1.807) is 23.1 Å². The van der Waals surface area contributed by atoms with Gasteiger partial charge in [0.25, 0.3) is 0 Å². The standard InChI is InChI=1S/C18H21FN2O2/c1-11(17-12(2)20-23-13(17)3)18(22)21(15-8-9-15)10-14-6-4-5-7-16(14)19/h4-7,11,15H,8-10H2,1-3H3/t11-/m0/s1. The fraction of sp³-hybridized carbons (Fsp3) is 0.444. The number of carbonyl (C=O) groups is 1. The quantitative estimate of drug-likeness (QED) is 0.844. The highest BCUT2D eigenvalue weighted by atomic mass is 19.1. The smallest absolute Gasteiger partial charge is 0.230 e. The van der Waals surface area contributed by atoms with Gasteiger partial charge in [-0.3, -0.25) is 4.79 Å². The Morgan fingerprint density at radius 2 is 2.09 bits per heavy atom. The second kappa shape index (κ2) is 6.14. The van der Waals surface area contributed by atoms with Crippen LogP contribution in [0.25, 0.3) is 0 Å². The second-order valence-electron chi connectivity index (χ2n) is 6.25. The van der Waals surface area contributed by atoms with Crippen molar-refractivity contribution in [2.45, 2.75) is 52.1 Å². The minimum absolute atomic E-state index is 0.00477. The number of halogens is 1. The third kappa shape index (κ3) is 3.14. The van der Waals surface area contributed by atoms with Crippen LogP contribution in [-0.4, -0.2) is 22.0 Å². The number of nitrogens with zero attached hydrogens (tertiary/aromatic N) is 2. The third-order valence-electron chi connectivity index (χ3n) is 4.46. The van der Waals surface area contributed by atoms with E-state index in [2.05, 4.69) is 5.16 Å². The largest absolute Gasteiger partial charge is 0.361 e. The van der Waals surface area contributed by atoms with Gasteiger partial charge in [-0.25, -0.2) is 4.39 Å². The minimum atomic E-state index is -0.339. The molecule has 0 N–H and O–H groups in total. The zero-order valence-corrected chi connectivity index (χ0v) is 13.7. The van der Waals surface area contributed by atoms with Gasteiger partial charge < -0.3 is 9.42 Å². The van der Waals surface area contributed by atoms with Crippen molar-refractivity contribution >= 4 is 5.91 Å². The molecule has 1 saturated carbocycles. The van der Waals surface area contributed by atoms with Crippen LogP contribution in [-0.2, 0) is 11.3 Å². The summed E-state index contributed by atoms with van der Waals surface area (Å²) in [6, 6.07) is 6.84. The molecule has 1 aliphatic carbocycles. The zero-order chi connectivity index (χ0) is 16.6. The Balaban J connectivity index is 1.84. The van der Waals surface area contributed by atoms with Crippen LogP contribution in [0.1, 0.15) is 48.3 Å². The van der Waals surface area contributed by atoms with Crippen LogP contribution < -0.4 is 0 Å². The SMILES string of the molecule is Cc1noc(C)c1[C@H](C)C(=O)N(Cc1ccccc1F)C1CC1. The molecule has 0 saturated heterocycles. The van der Waals surface area contributed by atoms with Crippen LogP contribution in [0.5, 0.6) is 0 Å². The number of carbonyl (C=O) groups excluding carboxylic acids is 1. The van der Waals surface area contributed by atoms with Gasteiger partial charge in [-0.1, -0.05) is 23.4 Å². The Kier molecular flexibility index (Phi) is 4.20. The van der Waals surface area contributed by atoms with Crippen molar-refractivity contribution < 1.29 is 13.7 Å². The van der Waals surface area contributed by atoms with Crippen LogP contribution in [0.3, 0.4) is 0 Å². The van der Waals surface area contributed by atoms with Crippen molar-refractivity contribution in [3.8, 4) is 0 Å². The summed E-state index contributed by atoms with van der Waals surface area (Å²) in [5.41, 5.74) is 2.14. The molecule has 2 aromatic rings. The molecule has 1 aromatic heterocycles. The van der Waals surface area contributed by atoms with Crippen molar-refractivity contribution in [2.75, 3.05) is 0 Å². The van der Waals surface area contributed by atoms with Gasteiger partial charge in [0.2, 0.25) is 5.91 Å². The van der Waals surface area contributed by atoms with E-state index in [-0.39, 0.29) is 23.7 Å². The summed E-state index contributed by atoms with van der Waals surface area (Å²) in [6.07, 6.45) is 1.96. The average Bonchev–Trinajstić information content (AvgIpc) is 3.31. The van der Waals surface area contributed by atoms with Crippen molar-refractivity contribution in [2.24, 2.45) is 0 Å². The van der Waals surface area contributed by atoms with E-state index in [0.29, 0.717) is 17.9 Å². The van der Waals surface area contributed by atoms with Crippen LogP contribution in [0, 0.1) is 19.7 Å². The molecule has 0 radical (unpaired) electrons. The molecule has 0 bridgehead atoms. The zero-order valence-electron chi connectivity index (χ0n) is 13.7. The minimum Gasteiger partial charge on any atom is -0.361 e. The first-order valence-corrected chi connectivity index (χ1v) is 7.95. The van der Waals surface area contributed by atoms with Gasteiger partial charge in [-0.2, -0.15) is 0 Å². The summed E-state index contributed by atoms with van der Waals surface area (Å²) in [7, 11) is 0. The molecular formula is C18H21FN2O2. The van der Waals surface area contributed by atoms with E-state index < -0.39 is 0 Å². The summed E-state index contributed by atoms with van der Waals surface area (Å²) >= 11 is 0. The molecule has 0 spiro atoms. The Hall–Kier alpha value is -2.17. The molecule has 5 heteroatoms. The number of aryl methyl sites for hydroxylation is 2. The van der Waals surface area contributed by atoms with E-state index in [1.807, 2.05) is 20.8 Å². The molecule has 1 aromatic carbocycles. The molecule has 0 aliphatic heterocycles.